The molecule has 0 saturated carbocycles. The summed E-state index contributed by atoms with van der Waals surface area (Å²) in [5.41, 5.74) is 0.223. The molecular formula is C20H26O6. The van der Waals surface area contributed by atoms with Gasteiger partial charge < -0.3 is 14.9 Å². The van der Waals surface area contributed by atoms with Gasteiger partial charge in [-0.15, -0.1) is 0 Å². The number of aliphatic carboxylic acids is 2. The lowest BCUT2D eigenvalue weighted by Gasteiger charge is -2.19. The number of carboxylic acids is 2. The van der Waals surface area contributed by atoms with E-state index in [1.165, 1.54) is 12.2 Å². The molecule has 0 aliphatic heterocycles. The first-order valence-corrected chi connectivity index (χ1v) is 8.48. The minimum atomic E-state index is -1.10. The molecular weight excluding hydrogens is 336 g/mol. The molecule has 1 aromatic rings. The van der Waals surface area contributed by atoms with Crippen molar-refractivity contribution in [2.45, 2.75) is 45.6 Å². The van der Waals surface area contributed by atoms with Crippen LogP contribution in [0.5, 0.6) is 0 Å². The first kappa shape index (κ1) is 21.4. The fourth-order valence-corrected chi connectivity index (χ4v) is 2.34. The van der Waals surface area contributed by atoms with Crippen molar-refractivity contribution in [3.63, 3.8) is 0 Å². The van der Waals surface area contributed by atoms with E-state index in [2.05, 4.69) is 0 Å². The Kier molecular flexibility index (Phi) is 8.03. The van der Waals surface area contributed by atoms with Gasteiger partial charge in [-0.2, -0.15) is 0 Å². The summed E-state index contributed by atoms with van der Waals surface area (Å²) in [6.07, 6.45) is 3.02. The van der Waals surface area contributed by atoms with Crippen LogP contribution in [-0.4, -0.2) is 33.7 Å². The summed E-state index contributed by atoms with van der Waals surface area (Å²) >= 11 is 0. The summed E-state index contributed by atoms with van der Waals surface area (Å²) in [5.74, 6) is -4.38. The second kappa shape index (κ2) is 9.75. The number of benzene rings is 1. The van der Waals surface area contributed by atoms with E-state index >= 15 is 0 Å². The Morgan fingerprint density at radius 1 is 1.00 bits per heavy atom. The van der Waals surface area contributed by atoms with Crippen LogP contribution in [-0.2, 0) is 25.5 Å². The molecule has 0 aromatic heterocycles. The van der Waals surface area contributed by atoms with Crippen LogP contribution in [0, 0.1) is 11.8 Å². The molecule has 0 aliphatic rings. The highest BCUT2D eigenvalue weighted by Crippen LogP contribution is 2.16. The average Bonchev–Trinajstić information content (AvgIpc) is 2.52. The molecule has 26 heavy (non-hydrogen) atoms. The number of hydrogen-bond acceptors (Lipinski definition) is 4. The van der Waals surface area contributed by atoms with Gasteiger partial charge in [0.1, 0.15) is 5.60 Å². The van der Waals surface area contributed by atoms with Crippen LogP contribution in [0.4, 0.5) is 0 Å². The van der Waals surface area contributed by atoms with Crippen LogP contribution in [0.2, 0.25) is 0 Å². The van der Waals surface area contributed by atoms with Gasteiger partial charge in [0.2, 0.25) is 0 Å². The van der Waals surface area contributed by atoms with Crippen LogP contribution < -0.4 is 0 Å². The van der Waals surface area contributed by atoms with Crippen LogP contribution in [0.1, 0.15) is 39.2 Å². The summed E-state index contributed by atoms with van der Waals surface area (Å²) in [6, 6.07) is 9.12. The quantitative estimate of drug-likeness (QED) is 0.516. The lowest BCUT2D eigenvalue weighted by Crippen LogP contribution is -2.24. The molecule has 2 N–H and O–H groups in total. The number of carbonyl (C=O) groups excluding carboxylic acids is 1. The fraction of sp³-hybridized carbons (Fsp3) is 0.450. The van der Waals surface area contributed by atoms with Gasteiger partial charge in [-0.05, 0) is 39.2 Å². The molecule has 1 aromatic carbocycles. The molecule has 0 aliphatic carbocycles. The molecule has 6 heteroatoms. The van der Waals surface area contributed by atoms with Gasteiger partial charge in [0, 0.05) is 6.42 Å². The summed E-state index contributed by atoms with van der Waals surface area (Å²) < 4.78 is 5.16. The van der Waals surface area contributed by atoms with Crippen molar-refractivity contribution in [1.82, 2.24) is 0 Å². The van der Waals surface area contributed by atoms with E-state index in [0.29, 0.717) is 0 Å². The molecule has 0 bridgehead atoms. The van der Waals surface area contributed by atoms with Gasteiger partial charge in [0.25, 0.3) is 0 Å². The summed E-state index contributed by atoms with van der Waals surface area (Å²) in [7, 11) is 0. The Morgan fingerprint density at radius 2 is 1.54 bits per heavy atom. The molecule has 0 fully saturated rings. The van der Waals surface area contributed by atoms with E-state index in [-0.39, 0.29) is 19.3 Å². The minimum absolute atomic E-state index is 0.0466. The number of esters is 1. The maximum absolute atomic E-state index is 11.7. The predicted molar refractivity (Wildman–Crippen MR) is 96.6 cm³/mol. The van der Waals surface area contributed by atoms with Gasteiger partial charge >= 0.3 is 17.9 Å². The third kappa shape index (κ3) is 8.46. The monoisotopic (exact) mass is 362 g/mol. The van der Waals surface area contributed by atoms with Crippen molar-refractivity contribution in [1.29, 1.82) is 0 Å². The zero-order chi connectivity index (χ0) is 19.7. The number of rotatable bonds is 9. The fourth-order valence-electron chi connectivity index (χ4n) is 2.34. The van der Waals surface area contributed by atoms with E-state index in [1.54, 1.807) is 20.8 Å². The Labute approximate surface area is 153 Å². The molecule has 0 amide bonds. The number of ether oxygens (including phenoxy) is 1. The molecule has 6 nitrogen and oxygen atoms in total. The van der Waals surface area contributed by atoms with E-state index < -0.39 is 35.3 Å². The molecule has 0 radical (unpaired) electrons. The highest BCUT2D eigenvalue weighted by Gasteiger charge is 2.21. The molecule has 2 atom stereocenters. The Morgan fingerprint density at radius 3 is 2.04 bits per heavy atom. The van der Waals surface area contributed by atoms with E-state index in [9.17, 15) is 24.6 Å². The first-order valence-electron chi connectivity index (χ1n) is 8.48. The molecule has 0 spiro atoms. The van der Waals surface area contributed by atoms with Gasteiger partial charge in [-0.1, -0.05) is 42.5 Å². The second-order valence-corrected chi connectivity index (χ2v) is 7.09. The highest BCUT2D eigenvalue weighted by atomic mass is 16.6. The van der Waals surface area contributed by atoms with Crippen molar-refractivity contribution in [3.8, 4) is 0 Å². The second-order valence-electron chi connectivity index (χ2n) is 7.09. The number of carboxylic acid groups (broad SMARTS) is 2. The molecule has 1 rings (SSSR count). The Bertz CT molecular complexity index is 642. The maximum atomic E-state index is 11.7. The SMILES string of the molecule is CC(C)(C)OC(=O)CCC(C=CC(Cc1ccccc1)C(=O)O)C(=O)O. The van der Waals surface area contributed by atoms with Crippen LogP contribution in [0.3, 0.4) is 0 Å². The summed E-state index contributed by atoms with van der Waals surface area (Å²) in [6.45, 7) is 5.21. The molecule has 142 valence electrons. The van der Waals surface area contributed by atoms with Crippen molar-refractivity contribution in [2.75, 3.05) is 0 Å². The summed E-state index contributed by atoms with van der Waals surface area (Å²) in [4.78, 5) is 34.6. The van der Waals surface area contributed by atoms with Crippen molar-refractivity contribution in [3.05, 3.63) is 48.0 Å². The standard InChI is InChI=1S/C20H26O6/c1-20(2,3)26-17(21)12-11-15(18(22)23)9-10-16(19(24)25)13-14-7-5-4-6-8-14/h4-10,15-16H,11-13H2,1-3H3,(H,22,23)(H,24,25). The van der Waals surface area contributed by atoms with Gasteiger partial charge in [0.15, 0.2) is 0 Å². The third-order valence-electron chi connectivity index (χ3n) is 3.59. The maximum Gasteiger partial charge on any atom is 0.310 e. The molecule has 0 saturated heterocycles. The van der Waals surface area contributed by atoms with E-state index in [1.807, 2.05) is 30.3 Å². The van der Waals surface area contributed by atoms with E-state index in [4.69, 9.17) is 4.74 Å². The lowest BCUT2D eigenvalue weighted by atomic mass is 9.95. The highest BCUT2D eigenvalue weighted by molar-refractivity contribution is 5.76. The zero-order valence-electron chi connectivity index (χ0n) is 15.3. The zero-order valence-corrected chi connectivity index (χ0v) is 15.3. The normalized spacial score (nSPS) is 14.0. The Hall–Kier alpha value is -2.63. The smallest absolute Gasteiger partial charge is 0.310 e. The van der Waals surface area contributed by atoms with Crippen LogP contribution in [0.25, 0.3) is 0 Å². The molecule has 2 unspecified atom stereocenters. The predicted octanol–water partition coefficient (Wildman–Crippen LogP) is 3.31. The van der Waals surface area contributed by atoms with Crippen molar-refractivity contribution >= 4 is 17.9 Å². The number of carbonyl (C=O) groups is 3. The Balaban J connectivity index is 2.72. The van der Waals surface area contributed by atoms with E-state index in [0.717, 1.165) is 5.56 Å². The van der Waals surface area contributed by atoms with Crippen LogP contribution in [0.15, 0.2) is 42.5 Å². The van der Waals surface area contributed by atoms with Gasteiger partial charge in [-0.3, -0.25) is 14.4 Å². The largest absolute Gasteiger partial charge is 0.481 e. The van der Waals surface area contributed by atoms with Crippen LogP contribution >= 0.6 is 0 Å². The summed E-state index contributed by atoms with van der Waals surface area (Å²) in [5, 5.41) is 18.7. The van der Waals surface area contributed by atoms with Crippen molar-refractivity contribution in [2.24, 2.45) is 11.8 Å². The topological polar surface area (TPSA) is 101 Å². The minimum Gasteiger partial charge on any atom is -0.481 e. The lowest BCUT2D eigenvalue weighted by molar-refractivity contribution is -0.155. The third-order valence-corrected chi connectivity index (χ3v) is 3.59. The van der Waals surface area contributed by atoms with Gasteiger partial charge in [-0.25, -0.2) is 0 Å². The first-order chi connectivity index (χ1) is 12.1. The number of hydrogen-bond donors (Lipinski definition) is 2. The van der Waals surface area contributed by atoms with Crippen molar-refractivity contribution < 1.29 is 29.3 Å². The van der Waals surface area contributed by atoms with Gasteiger partial charge in [0.05, 0.1) is 11.8 Å². The molecule has 0 heterocycles. The average molecular weight is 362 g/mol.